The van der Waals surface area contributed by atoms with E-state index in [1.807, 2.05) is 0 Å². The lowest BCUT2D eigenvalue weighted by Crippen LogP contribution is -2.30. The van der Waals surface area contributed by atoms with Gasteiger partial charge in [-0.25, -0.2) is 0 Å². The second-order valence-corrected chi connectivity index (χ2v) is 18.5. The average molecular weight is 909 g/mol. The molecule has 6 nitrogen and oxygen atoms in total. The lowest BCUT2D eigenvalue weighted by molar-refractivity contribution is -0.167. The second kappa shape index (κ2) is 53.7. The highest BCUT2D eigenvalue weighted by Crippen LogP contribution is 2.16. The molecule has 0 N–H and O–H groups in total. The third kappa shape index (κ3) is 51.9. The molecule has 0 rings (SSSR count). The van der Waals surface area contributed by atoms with Crippen LogP contribution in [0, 0.1) is 0 Å². The second-order valence-electron chi connectivity index (χ2n) is 18.5. The first-order chi connectivity index (χ1) is 32.0. The number of rotatable bonds is 50. The van der Waals surface area contributed by atoms with Crippen molar-refractivity contribution in [1.82, 2.24) is 0 Å². The molecule has 0 aromatic carbocycles. The van der Waals surface area contributed by atoms with E-state index < -0.39 is 6.10 Å². The Labute approximate surface area is 402 Å². The first-order valence-electron chi connectivity index (χ1n) is 27.8. The minimum absolute atomic E-state index is 0.0875. The van der Waals surface area contributed by atoms with Gasteiger partial charge in [-0.05, 0) is 83.5 Å². The van der Waals surface area contributed by atoms with E-state index in [9.17, 15) is 14.4 Å². The minimum atomic E-state index is -0.792. The summed E-state index contributed by atoms with van der Waals surface area (Å²) in [5, 5.41) is 0. The van der Waals surface area contributed by atoms with Crippen molar-refractivity contribution >= 4 is 17.9 Å². The molecule has 0 fully saturated rings. The number of hydrogen-bond donors (Lipinski definition) is 0. The van der Waals surface area contributed by atoms with Crippen molar-refractivity contribution in [3.05, 3.63) is 60.8 Å². The van der Waals surface area contributed by atoms with Crippen molar-refractivity contribution in [2.45, 2.75) is 284 Å². The van der Waals surface area contributed by atoms with Crippen LogP contribution in [0.2, 0.25) is 0 Å². The molecule has 0 aliphatic heterocycles. The van der Waals surface area contributed by atoms with E-state index in [4.69, 9.17) is 14.2 Å². The summed E-state index contributed by atoms with van der Waals surface area (Å²) < 4.78 is 16.8. The Kier molecular flexibility index (Phi) is 51.3. The van der Waals surface area contributed by atoms with Gasteiger partial charge in [0.25, 0.3) is 0 Å². The molecule has 6 heteroatoms. The van der Waals surface area contributed by atoms with Gasteiger partial charge in [-0.3, -0.25) is 14.4 Å². The zero-order valence-corrected chi connectivity index (χ0v) is 43.0. The molecule has 0 spiro atoms. The Morgan fingerprint density at radius 2 is 0.569 bits per heavy atom. The maximum Gasteiger partial charge on any atom is 0.306 e. The quantitative estimate of drug-likeness (QED) is 0.0262. The van der Waals surface area contributed by atoms with Gasteiger partial charge in [0.1, 0.15) is 13.2 Å². The van der Waals surface area contributed by atoms with Gasteiger partial charge in [0.15, 0.2) is 6.10 Å². The van der Waals surface area contributed by atoms with Crippen LogP contribution in [-0.2, 0) is 28.6 Å². The van der Waals surface area contributed by atoms with Crippen LogP contribution >= 0.6 is 0 Å². The van der Waals surface area contributed by atoms with Crippen molar-refractivity contribution in [3.8, 4) is 0 Å². The topological polar surface area (TPSA) is 78.9 Å². The summed E-state index contributed by atoms with van der Waals surface area (Å²) in [6, 6.07) is 0. The maximum atomic E-state index is 12.8. The predicted molar refractivity (Wildman–Crippen MR) is 279 cm³/mol. The van der Waals surface area contributed by atoms with Crippen molar-refractivity contribution in [2.75, 3.05) is 13.2 Å². The van der Waals surface area contributed by atoms with E-state index in [1.54, 1.807) is 0 Å². The Bertz CT molecular complexity index is 1180. The van der Waals surface area contributed by atoms with Crippen LogP contribution < -0.4 is 0 Å². The molecule has 65 heavy (non-hydrogen) atoms. The smallest absolute Gasteiger partial charge is 0.306 e. The Morgan fingerprint density at radius 3 is 0.969 bits per heavy atom. The molecule has 0 bridgehead atoms. The van der Waals surface area contributed by atoms with Crippen molar-refractivity contribution in [3.63, 3.8) is 0 Å². The summed E-state index contributed by atoms with van der Waals surface area (Å²) >= 11 is 0. The van der Waals surface area contributed by atoms with Crippen LogP contribution in [0.25, 0.3) is 0 Å². The number of unbranched alkanes of at least 4 members (excludes halogenated alkanes) is 29. The van der Waals surface area contributed by atoms with Crippen LogP contribution in [0.4, 0.5) is 0 Å². The van der Waals surface area contributed by atoms with E-state index in [-0.39, 0.29) is 31.1 Å². The molecule has 0 heterocycles. The van der Waals surface area contributed by atoms with E-state index in [0.29, 0.717) is 19.3 Å². The molecule has 0 aromatic rings. The van der Waals surface area contributed by atoms with Crippen molar-refractivity contribution in [1.29, 1.82) is 0 Å². The summed E-state index contributed by atoms with van der Waals surface area (Å²) in [7, 11) is 0. The number of allylic oxidation sites excluding steroid dienone is 10. The van der Waals surface area contributed by atoms with Crippen LogP contribution in [0.3, 0.4) is 0 Å². The Morgan fingerprint density at radius 1 is 0.308 bits per heavy atom. The van der Waals surface area contributed by atoms with Crippen molar-refractivity contribution < 1.29 is 28.6 Å². The van der Waals surface area contributed by atoms with Gasteiger partial charge in [0, 0.05) is 19.3 Å². The molecule has 0 aromatic heterocycles. The average Bonchev–Trinajstić information content (AvgIpc) is 3.30. The molecule has 0 aliphatic rings. The molecule has 0 saturated heterocycles. The van der Waals surface area contributed by atoms with Crippen LogP contribution in [0.1, 0.15) is 278 Å². The Balaban J connectivity index is 4.40. The fourth-order valence-corrected chi connectivity index (χ4v) is 7.76. The monoisotopic (exact) mass is 909 g/mol. The van der Waals surface area contributed by atoms with Crippen molar-refractivity contribution in [2.24, 2.45) is 0 Å². The molecule has 0 radical (unpaired) electrons. The fourth-order valence-electron chi connectivity index (χ4n) is 7.76. The van der Waals surface area contributed by atoms with E-state index in [0.717, 1.165) is 89.9 Å². The van der Waals surface area contributed by atoms with Crippen LogP contribution in [0.5, 0.6) is 0 Å². The van der Waals surface area contributed by atoms with Crippen LogP contribution in [0.15, 0.2) is 60.8 Å². The molecule has 0 amide bonds. The van der Waals surface area contributed by atoms with Gasteiger partial charge >= 0.3 is 17.9 Å². The third-order valence-corrected chi connectivity index (χ3v) is 12.0. The summed E-state index contributed by atoms with van der Waals surface area (Å²) in [6.07, 6.45) is 66.4. The van der Waals surface area contributed by atoms with Gasteiger partial charge in [-0.1, -0.05) is 236 Å². The lowest BCUT2D eigenvalue weighted by atomic mass is 10.0. The van der Waals surface area contributed by atoms with E-state index in [2.05, 4.69) is 81.5 Å². The summed E-state index contributed by atoms with van der Waals surface area (Å²) in [5.41, 5.74) is 0. The molecule has 0 unspecified atom stereocenters. The highest BCUT2D eigenvalue weighted by atomic mass is 16.6. The summed E-state index contributed by atoms with van der Waals surface area (Å²) in [5.74, 6) is -0.920. The number of esters is 3. The fraction of sp³-hybridized carbons (Fsp3) is 0.780. The SMILES string of the molecule is CCCC/C=C\CCCCCCCC(=O)OC[C@H](COC(=O)CCCCCCCCCCCCCCCCCCC)OC(=O)CCCCC/C=C\C/C=C\C/C=C\C/C=C\CCCCC. The first kappa shape index (κ1) is 62.1. The summed E-state index contributed by atoms with van der Waals surface area (Å²) in [4.78, 5) is 38.0. The minimum Gasteiger partial charge on any atom is -0.462 e. The van der Waals surface area contributed by atoms with Gasteiger partial charge < -0.3 is 14.2 Å². The summed E-state index contributed by atoms with van der Waals surface area (Å²) in [6.45, 7) is 6.56. The molecule has 0 aliphatic carbocycles. The van der Waals surface area contributed by atoms with E-state index >= 15 is 0 Å². The zero-order chi connectivity index (χ0) is 47.2. The zero-order valence-electron chi connectivity index (χ0n) is 43.0. The number of carbonyl (C=O) groups excluding carboxylic acids is 3. The number of ether oxygens (including phenoxy) is 3. The molecule has 0 saturated carbocycles. The Hall–Kier alpha value is -2.89. The predicted octanol–water partition coefficient (Wildman–Crippen LogP) is 18.4. The number of carbonyl (C=O) groups is 3. The molecular formula is C59H104O6. The first-order valence-corrected chi connectivity index (χ1v) is 27.8. The highest BCUT2D eigenvalue weighted by Gasteiger charge is 2.19. The van der Waals surface area contributed by atoms with Gasteiger partial charge in [-0.15, -0.1) is 0 Å². The number of hydrogen-bond acceptors (Lipinski definition) is 6. The maximum absolute atomic E-state index is 12.8. The normalized spacial score (nSPS) is 12.5. The van der Waals surface area contributed by atoms with Gasteiger partial charge in [0.05, 0.1) is 0 Å². The molecule has 1 atom stereocenters. The molecular weight excluding hydrogens is 805 g/mol. The van der Waals surface area contributed by atoms with Gasteiger partial charge in [-0.2, -0.15) is 0 Å². The van der Waals surface area contributed by atoms with Gasteiger partial charge in [0.2, 0.25) is 0 Å². The highest BCUT2D eigenvalue weighted by molar-refractivity contribution is 5.71. The lowest BCUT2D eigenvalue weighted by Gasteiger charge is -2.18. The third-order valence-electron chi connectivity index (χ3n) is 12.0. The van der Waals surface area contributed by atoms with Crippen LogP contribution in [-0.4, -0.2) is 37.2 Å². The van der Waals surface area contributed by atoms with E-state index in [1.165, 1.54) is 148 Å². The standard InChI is InChI=1S/C59H104O6/c1-4-7-10-13-16-19-22-24-26-28-29-31-33-35-38-41-44-47-50-53-59(62)65-56(54-63-57(60)51-48-45-42-39-36-21-18-15-12-9-6-3)55-64-58(61)52-49-46-43-40-37-34-32-30-27-25-23-20-17-14-11-8-5-2/h15-16,18-19,24,26,29,31,35,38,56H,4-14,17,20-23,25,27-28,30,32-34,36-37,39-55H2,1-3H3/b18-15-,19-16-,26-24-,31-29-,38-35-/t56-/m1/s1. The largest absolute Gasteiger partial charge is 0.462 e. The molecule has 376 valence electrons.